The first-order valence-corrected chi connectivity index (χ1v) is 13.1. The summed E-state index contributed by atoms with van der Waals surface area (Å²) in [6, 6.07) is 30.0. The number of nitrogens with one attached hydrogen (secondary N) is 1. The number of carbonyl (C=O) groups is 1. The summed E-state index contributed by atoms with van der Waals surface area (Å²) >= 11 is 12.7. The van der Waals surface area contributed by atoms with Gasteiger partial charge in [0.25, 0.3) is 5.91 Å². The fraction of sp³-hybridized carbons (Fsp3) is 0.156. The van der Waals surface area contributed by atoms with Crippen molar-refractivity contribution in [3.05, 3.63) is 129 Å². The van der Waals surface area contributed by atoms with Gasteiger partial charge in [-0.25, -0.2) is 0 Å². The van der Waals surface area contributed by atoms with Crippen molar-refractivity contribution in [2.24, 2.45) is 0 Å². The average molecular weight is 527 g/mol. The number of halogens is 2. The van der Waals surface area contributed by atoms with Crippen molar-refractivity contribution in [1.82, 2.24) is 9.88 Å². The second kappa shape index (κ2) is 10.5. The van der Waals surface area contributed by atoms with E-state index < -0.39 is 0 Å². The molecule has 5 heteroatoms. The Bertz CT molecular complexity index is 1570. The molecule has 0 saturated carbocycles. The van der Waals surface area contributed by atoms with Gasteiger partial charge in [0, 0.05) is 44.3 Å². The quantitative estimate of drug-likeness (QED) is 0.235. The molecule has 5 rings (SSSR count). The molecule has 1 atom stereocenters. The van der Waals surface area contributed by atoms with E-state index >= 15 is 0 Å². The molecule has 37 heavy (non-hydrogen) atoms. The molecule has 4 aromatic carbocycles. The topological polar surface area (TPSA) is 34.0 Å². The van der Waals surface area contributed by atoms with Crippen LogP contribution in [0.2, 0.25) is 10.0 Å². The molecule has 0 aliphatic heterocycles. The summed E-state index contributed by atoms with van der Waals surface area (Å²) in [6.45, 7) is 6.90. The Kier molecular flexibility index (Phi) is 7.10. The number of aryl methyl sites for hydroxylation is 1. The molecule has 186 valence electrons. The molecule has 1 amide bonds. The Morgan fingerprint density at radius 2 is 1.49 bits per heavy atom. The summed E-state index contributed by atoms with van der Waals surface area (Å²) in [5.74, 6) is -0.160. The van der Waals surface area contributed by atoms with Crippen molar-refractivity contribution in [1.29, 1.82) is 0 Å². The van der Waals surface area contributed by atoms with E-state index in [9.17, 15) is 4.79 Å². The molecule has 3 nitrogen and oxygen atoms in total. The summed E-state index contributed by atoms with van der Waals surface area (Å²) in [5, 5.41) is 5.20. The number of carbonyl (C=O) groups excluding carboxylic acids is 1. The van der Waals surface area contributed by atoms with Crippen LogP contribution < -0.4 is 5.32 Å². The number of nitrogens with zero attached hydrogens (tertiary/aromatic N) is 1. The van der Waals surface area contributed by atoms with Gasteiger partial charge in [-0.05, 0) is 73.4 Å². The van der Waals surface area contributed by atoms with E-state index in [1.54, 1.807) is 18.2 Å². The first kappa shape index (κ1) is 25.1. The van der Waals surface area contributed by atoms with Crippen LogP contribution in [0, 0.1) is 13.8 Å². The highest BCUT2D eigenvalue weighted by Gasteiger charge is 2.19. The van der Waals surface area contributed by atoms with Crippen LogP contribution >= 0.6 is 23.2 Å². The minimum absolute atomic E-state index is 0.160. The Morgan fingerprint density at radius 3 is 2.16 bits per heavy atom. The Morgan fingerprint density at radius 1 is 0.838 bits per heavy atom. The zero-order chi connectivity index (χ0) is 26.1. The van der Waals surface area contributed by atoms with Crippen LogP contribution in [-0.2, 0) is 6.54 Å². The maximum absolute atomic E-state index is 13.1. The van der Waals surface area contributed by atoms with Crippen LogP contribution in [0.4, 0.5) is 0 Å². The number of fused-ring (bicyclic) bond motifs is 1. The highest BCUT2D eigenvalue weighted by Crippen LogP contribution is 2.31. The maximum Gasteiger partial charge on any atom is 0.251 e. The lowest BCUT2D eigenvalue weighted by molar-refractivity contribution is 0.0940. The van der Waals surface area contributed by atoms with E-state index in [2.05, 4.69) is 72.3 Å². The van der Waals surface area contributed by atoms with Crippen LogP contribution in [-0.4, -0.2) is 10.5 Å². The lowest BCUT2D eigenvalue weighted by Crippen LogP contribution is -2.27. The molecule has 0 unspecified atom stereocenters. The van der Waals surface area contributed by atoms with Crippen LogP contribution in [0.15, 0.2) is 91.0 Å². The van der Waals surface area contributed by atoms with Crippen LogP contribution in [0.3, 0.4) is 0 Å². The second-order valence-corrected chi connectivity index (χ2v) is 10.2. The monoisotopic (exact) mass is 526 g/mol. The number of amides is 1. The highest BCUT2D eigenvalue weighted by atomic mass is 35.5. The first-order chi connectivity index (χ1) is 17.8. The van der Waals surface area contributed by atoms with E-state index in [4.69, 9.17) is 23.2 Å². The maximum atomic E-state index is 13.1. The third kappa shape index (κ3) is 5.02. The van der Waals surface area contributed by atoms with Crippen molar-refractivity contribution in [3.8, 4) is 11.1 Å². The van der Waals surface area contributed by atoms with Crippen LogP contribution in [0.25, 0.3) is 22.0 Å². The third-order valence-corrected chi connectivity index (χ3v) is 7.74. The predicted octanol–water partition coefficient (Wildman–Crippen LogP) is 8.77. The van der Waals surface area contributed by atoms with Crippen LogP contribution in [0.1, 0.15) is 45.7 Å². The lowest BCUT2D eigenvalue weighted by atomic mass is 10.0. The second-order valence-electron chi connectivity index (χ2n) is 9.42. The van der Waals surface area contributed by atoms with Gasteiger partial charge in [-0.15, -0.1) is 0 Å². The van der Waals surface area contributed by atoms with Crippen molar-refractivity contribution in [2.75, 3.05) is 0 Å². The molecule has 0 aliphatic carbocycles. The van der Waals surface area contributed by atoms with Crippen molar-refractivity contribution < 1.29 is 4.79 Å². The third-order valence-electron chi connectivity index (χ3n) is 7.08. The molecule has 5 aromatic rings. The molecule has 0 bridgehead atoms. The SMILES string of the molecule is Cc1c(C)n(Cc2ccc(-c3ccccc3)cc2)c2ccc(C(=O)N[C@@H](C)c3c(Cl)cccc3Cl)cc12. The van der Waals surface area contributed by atoms with Gasteiger partial charge in [-0.3, -0.25) is 4.79 Å². The molecular formula is C32H28Cl2N2O. The van der Waals surface area contributed by atoms with Gasteiger partial charge < -0.3 is 9.88 Å². The zero-order valence-corrected chi connectivity index (χ0v) is 22.6. The van der Waals surface area contributed by atoms with Gasteiger partial charge in [0.15, 0.2) is 0 Å². The Balaban J connectivity index is 1.39. The van der Waals surface area contributed by atoms with E-state index in [1.807, 2.05) is 31.2 Å². The van der Waals surface area contributed by atoms with Crippen molar-refractivity contribution in [3.63, 3.8) is 0 Å². The predicted molar refractivity (Wildman–Crippen MR) is 155 cm³/mol. The van der Waals surface area contributed by atoms with Gasteiger partial charge >= 0.3 is 0 Å². The Labute approximate surface area is 227 Å². The van der Waals surface area contributed by atoms with Gasteiger partial charge in [-0.1, -0.05) is 83.9 Å². The number of hydrogen-bond donors (Lipinski definition) is 1. The molecule has 0 radical (unpaired) electrons. The largest absolute Gasteiger partial charge is 0.345 e. The minimum Gasteiger partial charge on any atom is -0.345 e. The number of hydrogen-bond acceptors (Lipinski definition) is 1. The zero-order valence-electron chi connectivity index (χ0n) is 21.1. The smallest absolute Gasteiger partial charge is 0.251 e. The molecule has 1 N–H and O–H groups in total. The van der Waals surface area contributed by atoms with Crippen molar-refractivity contribution in [2.45, 2.75) is 33.4 Å². The highest BCUT2D eigenvalue weighted by molar-refractivity contribution is 6.36. The summed E-state index contributed by atoms with van der Waals surface area (Å²) in [5.41, 5.74) is 8.45. The fourth-order valence-electron chi connectivity index (χ4n) is 4.89. The molecule has 0 saturated heterocycles. The molecule has 0 fully saturated rings. The fourth-order valence-corrected chi connectivity index (χ4v) is 5.61. The lowest BCUT2D eigenvalue weighted by Gasteiger charge is -2.17. The number of aromatic nitrogens is 1. The summed E-state index contributed by atoms with van der Waals surface area (Å²) in [6.07, 6.45) is 0. The van der Waals surface area contributed by atoms with E-state index in [1.165, 1.54) is 27.9 Å². The van der Waals surface area contributed by atoms with E-state index in [-0.39, 0.29) is 11.9 Å². The number of rotatable bonds is 6. The van der Waals surface area contributed by atoms with E-state index in [0.717, 1.165) is 23.0 Å². The molecule has 1 heterocycles. The van der Waals surface area contributed by atoms with Crippen molar-refractivity contribution >= 4 is 40.0 Å². The van der Waals surface area contributed by atoms with Gasteiger partial charge in [0.2, 0.25) is 0 Å². The molecule has 1 aromatic heterocycles. The standard InChI is InChI=1S/C32H28Cl2N2O/c1-20-22(3)36(19-23-12-14-25(15-13-23)24-8-5-4-6-9-24)30-17-16-26(18-27(20)30)32(37)35-21(2)31-28(33)10-7-11-29(31)34/h4-18,21H,19H2,1-3H3,(H,35,37)/t21-/m0/s1. The number of benzene rings is 4. The van der Waals surface area contributed by atoms with E-state index in [0.29, 0.717) is 15.6 Å². The first-order valence-electron chi connectivity index (χ1n) is 12.3. The average Bonchev–Trinajstić information content (AvgIpc) is 3.13. The van der Waals surface area contributed by atoms with Crippen LogP contribution in [0.5, 0.6) is 0 Å². The summed E-state index contributed by atoms with van der Waals surface area (Å²) < 4.78 is 2.32. The normalized spacial score (nSPS) is 12.0. The molecule has 0 aliphatic rings. The summed E-state index contributed by atoms with van der Waals surface area (Å²) in [4.78, 5) is 13.1. The molecular weight excluding hydrogens is 499 g/mol. The van der Waals surface area contributed by atoms with Gasteiger partial charge in [-0.2, -0.15) is 0 Å². The Hall–Kier alpha value is -3.53. The minimum atomic E-state index is -0.323. The van der Waals surface area contributed by atoms with Gasteiger partial charge in [0.05, 0.1) is 6.04 Å². The summed E-state index contributed by atoms with van der Waals surface area (Å²) in [7, 11) is 0. The van der Waals surface area contributed by atoms with Gasteiger partial charge in [0.1, 0.15) is 0 Å². The molecule has 0 spiro atoms.